The Balaban J connectivity index is 1.87. The molecule has 2 N–H and O–H groups in total. The SMILES string of the molecule is CCCCc1ncc(C(C)(C)CC(C)CCc2cc(C)[nH]n2)[nH]1. The van der Waals surface area contributed by atoms with Crippen molar-refractivity contribution in [3.8, 4) is 0 Å². The van der Waals surface area contributed by atoms with Gasteiger partial charge in [0.15, 0.2) is 0 Å². The molecule has 23 heavy (non-hydrogen) atoms. The molecule has 0 aliphatic heterocycles. The molecule has 0 radical (unpaired) electrons. The maximum atomic E-state index is 4.55. The first kappa shape index (κ1) is 17.8. The van der Waals surface area contributed by atoms with E-state index in [1.165, 1.54) is 30.7 Å². The van der Waals surface area contributed by atoms with Crippen LogP contribution in [0.15, 0.2) is 12.3 Å². The summed E-state index contributed by atoms with van der Waals surface area (Å²) in [5, 5.41) is 7.36. The fraction of sp³-hybridized carbons (Fsp3) is 0.684. The molecule has 0 aliphatic rings. The quantitative estimate of drug-likeness (QED) is 0.703. The van der Waals surface area contributed by atoms with Gasteiger partial charge in [-0.2, -0.15) is 5.10 Å². The van der Waals surface area contributed by atoms with Gasteiger partial charge in [-0.1, -0.05) is 34.1 Å². The van der Waals surface area contributed by atoms with Crippen LogP contribution in [0.5, 0.6) is 0 Å². The molecule has 2 heterocycles. The van der Waals surface area contributed by atoms with Crippen molar-refractivity contribution in [3.63, 3.8) is 0 Å². The molecule has 4 heteroatoms. The number of aromatic amines is 2. The maximum absolute atomic E-state index is 4.55. The van der Waals surface area contributed by atoms with Crippen LogP contribution in [0.4, 0.5) is 0 Å². The molecule has 0 aliphatic carbocycles. The predicted molar refractivity (Wildman–Crippen MR) is 95.7 cm³/mol. The van der Waals surface area contributed by atoms with Crippen LogP contribution in [0.2, 0.25) is 0 Å². The van der Waals surface area contributed by atoms with Gasteiger partial charge < -0.3 is 4.98 Å². The van der Waals surface area contributed by atoms with Crippen molar-refractivity contribution in [1.82, 2.24) is 20.2 Å². The van der Waals surface area contributed by atoms with Crippen molar-refractivity contribution in [3.05, 3.63) is 35.2 Å². The zero-order chi connectivity index (χ0) is 16.9. The van der Waals surface area contributed by atoms with E-state index in [1.807, 2.05) is 6.20 Å². The molecule has 0 spiro atoms. The topological polar surface area (TPSA) is 57.4 Å². The zero-order valence-electron chi connectivity index (χ0n) is 15.4. The van der Waals surface area contributed by atoms with Gasteiger partial charge in [0.25, 0.3) is 0 Å². The Labute approximate surface area is 140 Å². The molecule has 1 unspecified atom stereocenters. The number of hydrogen-bond acceptors (Lipinski definition) is 2. The van der Waals surface area contributed by atoms with Gasteiger partial charge in [-0.3, -0.25) is 5.10 Å². The largest absolute Gasteiger partial charge is 0.345 e. The Morgan fingerprint density at radius 1 is 1.26 bits per heavy atom. The lowest BCUT2D eigenvalue weighted by atomic mass is 9.79. The van der Waals surface area contributed by atoms with Crippen molar-refractivity contribution < 1.29 is 0 Å². The minimum absolute atomic E-state index is 0.137. The third-order valence-corrected chi connectivity index (χ3v) is 4.64. The van der Waals surface area contributed by atoms with Gasteiger partial charge in [0, 0.05) is 29.4 Å². The first-order valence-corrected chi connectivity index (χ1v) is 8.96. The molecule has 4 nitrogen and oxygen atoms in total. The van der Waals surface area contributed by atoms with Gasteiger partial charge in [0.2, 0.25) is 0 Å². The molecule has 1 atom stereocenters. The Kier molecular flexibility index (Phi) is 6.03. The minimum Gasteiger partial charge on any atom is -0.345 e. The Morgan fingerprint density at radius 2 is 2.04 bits per heavy atom. The normalized spacial score (nSPS) is 13.4. The van der Waals surface area contributed by atoms with Crippen LogP contribution in [0.1, 0.15) is 76.3 Å². The molecule has 0 saturated heterocycles. The van der Waals surface area contributed by atoms with Crippen LogP contribution in [-0.4, -0.2) is 20.2 Å². The lowest BCUT2D eigenvalue weighted by molar-refractivity contribution is 0.356. The van der Waals surface area contributed by atoms with Crippen LogP contribution in [0, 0.1) is 12.8 Å². The molecule has 0 saturated carbocycles. The lowest BCUT2D eigenvalue weighted by Crippen LogP contribution is -2.21. The maximum Gasteiger partial charge on any atom is 0.106 e. The summed E-state index contributed by atoms with van der Waals surface area (Å²) in [4.78, 5) is 8.10. The summed E-state index contributed by atoms with van der Waals surface area (Å²) in [5.74, 6) is 1.79. The Morgan fingerprint density at radius 3 is 2.70 bits per heavy atom. The number of nitrogens with zero attached hydrogens (tertiary/aromatic N) is 2. The highest BCUT2D eigenvalue weighted by atomic mass is 15.1. The summed E-state index contributed by atoms with van der Waals surface area (Å²) in [6.07, 6.45) is 8.88. The smallest absolute Gasteiger partial charge is 0.106 e. The van der Waals surface area contributed by atoms with Gasteiger partial charge in [-0.25, -0.2) is 4.98 Å². The van der Waals surface area contributed by atoms with E-state index in [4.69, 9.17) is 0 Å². The van der Waals surface area contributed by atoms with Gasteiger partial charge in [0.1, 0.15) is 5.82 Å². The average molecular weight is 316 g/mol. The highest BCUT2D eigenvalue weighted by Crippen LogP contribution is 2.31. The number of imidazole rings is 1. The van der Waals surface area contributed by atoms with Crippen molar-refractivity contribution in [2.45, 2.75) is 78.6 Å². The summed E-state index contributed by atoms with van der Waals surface area (Å²) < 4.78 is 0. The fourth-order valence-corrected chi connectivity index (χ4v) is 3.26. The van der Waals surface area contributed by atoms with E-state index in [2.05, 4.69) is 60.9 Å². The standard InChI is InChI=1S/C19H32N4/c1-6-7-8-18-20-13-17(21-18)19(4,5)12-14(2)9-10-16-11-15(3)22-23-16/h11,13-14H,6-10,12H2,1-5H3,(H,20,21)(H,22,23). The van der Waals surface area contributed by atoms with Crippen LogP contribution < -0.4 is 0 Å². The van der Waals surface area contributed by atoms with Gasteiger partial charge in [0.05, 0.1) is 5.69 Å². The fourth-order valence-electron chi connectivity index (χ4n) is 3.26. The minimum atomic E-state index is 0.137. The molecule has 2 aromatic heterocycles. The van der Waals surface area contributed by atoms with E-state index in [1.54, 1.807) is 0 Å². The summed E-state index contributed by atoms with van der Waals surface area (Å²) >= 11 is 0. The van der Waals surface area contributed by atoms with E-state index in [9.17, 15) is 0 Å². The predicted octanol–water partition coefficient (Wildman–Crippen LogP) is 4.72. The van der Waals surface area contributed by atoms with E-state index >= 15 is 0 Å². The van der Waals surface area contributed by atoms with Crippen LogP contribution in [0.3, 0.4) is 0 Å². The highest BCUT2D eigenvalue weighted by Gasteiger charge is 2.25. The summed E-state index contributed by atoms with van der Waals surface area (Å²) in [7, 11) is 0. The number of nitrogens with one attached hydrogen (secondary N) is 2. The second-order valence-electron chi connectivity index (χ2n) is 7.62. The molecule has 2 aromatic rings. The second-order valence-corrected chi connectivity index (χ2v) is 7.62. The van der Waals surface area contributed by atoms with E-state index in [-0.39, 0.29) is 5.41 Å². The van der Waals surface area contributed by atoms with Crippen molar-refractivity contribution in [1.29, 1.82) is 0 Å². The van der Waals surface area contributed by atoms with Crippen LogP contribution in [-0.2, 0) is 18.3 Å². The van der Waals surface area contributed by atoms with E-state index in [0.29, 0.717) is 5.92 Å². The summed E-state index contributed by atoms with van der Waals surface area (Å²) in [6.45, 7) is 11.3. The lowest BCUT2D eigenvalue weighted by Gasteiger charge is -2.27. The molecule has 0 fully saturated rings. The number of aromatic nitrogens is 4. The van der Waals surface area contributed by atoms with Gasteiger partial charge >= 0.3 is 0 Å². The third kappa shape index (κ3) is 5.22. The summed E-state index contributed by atoms with van der Waals surface area (Å²) in [5.41, 5.74) is 3.73. The van der Waals surface area contributed by atoms with Gasteiger partial charge in [-0.05, 0) is 44.6 Å². The molecule has 2 rings (SSSR count). The summed E-state index contributed by atoms with van der Waals surface area (Å²) in [6, 6.07) is 2.15. The van der Waals surface area contributed by atoms with Crippen molar-refractivity contribution in [2.75, 3.05) is 0 Å². The molecule has 0 aromatic carbocycles. The zero-order valence-corrected chi connectivity index (χ0v) is 15.4. The monoisotopic (exact) mass is 316 g/mol. The number of H-pyrrole nitrogens is 2. The number of aryl methyl sites for hydroxylation is 3. The Bertz CT molecular complexity index is 594. The highest BCUT2D eigenvalue weighted by molar-refractivity contribution is 5.13. The van der Waals surface area contributed by atoms with E-state index < -0.39 is 0 Å². The number of hydrogen-bond donors (Lipinski definition) is 2. The Hall–Kier alpha value is -1.58. The molecular formula is C19H32N4. The van der Waals surface area contributed by atoms with Crippen LogP contribution in [0.25, 0.3) is 0 Å². The van der Waals surface area contributed by atoms with Gasteiger partial charge in [-0.15, -0.1) is 0 Å². The van der Waals surface area contributed by atoms with E-state index in [0.717, 1.165) is 30.8 Å². The molecule has 0 amide bonds. The molecule has 128 valence electrons. The first-order chi connectivity index (χ1) is 10.9. The number of rotatable bonds is 9. The average Bonchev–Trinajstić information content (AvgIpc) is 3.12. The number of unbranched alkanes of at least 4 members (excludes halogenated alkanes) is 1. The first-order valence-electron chi connectivity index (χ1n) is 8.96. The van der Waals surface area contributed by atoms with Crippen molar-refractivity contribution in [2.24, 2.45) is 5.92 Å². The third-order valence-electron chi connectivity index (χ3n) is 4.64. The van der Waals surface area contributed by atoms with Crippen LogP contribution >= 0.6 is 0 Å². The molecule has 0 bridgehead atoms. The molecular weight excluding hydrogens is 284 g/mol. The second kappa shape index (κ2) is 7.80. The van der Waals surface area contributed by atoms with Crippen molar-refractivity contribution >= 4 is 0 Å².